The normalized spacial score (nSPS) is 13.0. The maximum Gasteiger partial charge on any atom is 0.306 e. The smallest absolute Gasteiger partial charge is 0.306 e. The third kappa shape index (κ3) is 68.2. The summed E-state index contributed by atoms with van der Waals surface area (Å²) in [5, 5.41) is 0. The lowest BCUT2D eigenvalue weighted by atomic mass is 10.1. The van der Waals surface area contributed by atoms with Crippen molar-refractivity contribution >= 4 is 17.9 Å². The summed E-state index contributed by atoms with van der Waals surface area (Å²) in [6.07, 6.45) is 98.8. The van der Waals surface area contributed by atoms with Gasteiger partial charge in [0.25, 0.3) is 0 Å². The number of esters is 3. The van der Waals surface area contributed by atoms with Crippen LogP contribution >= 0.6 is 0 Å². The first-order chi connectivity index (χ1) is 41.0. The second kappa shape index (κ2) is 70.0. The predicted octanol–water partition coefficient (Wildman–Crippen LogP) is 24.1. The molecule has 0 fully saturated rings. The molecule has 0 saturated carbocycles. The van der Waals surface area contributed by atoms with E-state index >= 15 is 0 Å². The zero-order chi connectivity index (χ0) is 59.9. The van der Waals surface area contributed by atoms with Crippen LogP contribution in [-0.2, 0) is 28.6 Å². The molecular formula is C77H128O6. The fraction of sp³-hybridized carbons (Fsp3) is 0.675. The van der Waals surface area contributed by atoms with Gasteiger partial charge in [0.15, 0.2) is 6.10 Å². The van der Waals surface area contributed by atoms with Crippen LogP contribution in [-0.4, -0.2) is 37.2 Å². The lowest BCUT2D eigenvalue weighted by Crippen LogP contribution is -2.30. The Bertz CT molecular complexity index is 1750. The number of hydrogen-bond acceptors (Lipinski definition) is 6. The van der Waals surface area contributed by atoms with E-state index in [4.69, 9.17) is 14.2 Å². The van der Waals surface area contributed by atoms with Crippen molar-refractivity contribution in [1.29, 1.82) is 0 Å². The Morgan fingerprint density at radius 3 is 0.735 bits per heavy atom. The summed E-state index contributed by atoms with van der Waals surface area (Å²) in [5.74, 6) is -0.905. The summed E-state index contributed by atoms with van der Waals surface area (Å²) < 4.78 is 17.0. The van der Waals surface area contributed by atoms with Crippen molar-refractivity contribution in [3.63, 3.8) is 0 Å². The molecule has 0 radical (unpaired) electrons. The molecule has 1 atom stereocenters. The van der Waals surface area contributed by atoms with Crippen molar-refractivity contribution in [3.8, 4) is 0 Å². The van der Waals surface area contributed by atoms with Gasteiger partial charge in [0.05, 0.1) is 0 Å². The number of rotatable bonds is 62. The minimum atomic E-state index is -0.797. The molecule has 6 heteroatoms. The van der Waals surface area contributed by atoms with Crippen LogP contribution < -0.4 is 0 Å². The van der Waals surface area contributed by atoms with Gasteiger partial charge in [-0.2, -0.15) is 0 Å². The summed E-state index contributed by atoms with van der Waals surface area (Å²) >= 11 is 0. The van der Waals surface area contributed by atoms with Crippen molar-refractivity contribution in [2.24, 2.45) is 0 Å². The van der Waals surface area contributed by atoms with Crippen molar-refractivity contribution < 1.29 is 28.6 Å². The first kappa shape index (κ1) is 78.5. The molecule has 472 valence electrons. The van der Waals surface area contributed by atoms with Gasteiger partial charge in [-0.25, -0.2) is 0 Å². The summed E-state index contributed by atoms with van der Waals surface area (Å²) in [6, 6.07) is 0. The number of carbonyl (C=O) groups is 3. The largest absolute Gasteiger partial charge is 0.462 e. The SMILES string of the molecule is CC/C=C\C/C=C\C/C=C\C/C=C\C/C=C\CCCCCCCCCC(=O)OCC(COC(=O)CCCCCCCCCCC/C=C\C/C=C\CCCCCCC)OC(=O)CCCCCCCCCC/C=C\C/C=C\C/C=C\C/C=C\CC. The highest BCUT2D eigenvalue weighted by Crippen LogP contribution is 2.16. The Kier molecular flexibility index (Phi) is 66.3. The summed E-state index contributed by atoms with van der Waals surface area (Å²) in [4.78, 5) is 38.5. The predicted molar refractivity (Wildman–Crippen MR) is 362 cm³/mol. The number of hydrogen-bond donors (Lipinski definition) is 0. The van der Waals surface area contributed by atoms with Crippen LogP contribution in [0.1, 0.15) is 316 Å². The van der Waals surface area contributed by atoms with E-state index in [2.05, 4.69) is 154 Å². The number of allylic oxidation sites excluding steroid dienone is 22. The first-order valence-corrected chi connectivity index (χ1v) is 34.7. The average molecular weight is 1150 g/mol. The Morgan fingerprint density at radius 2 is 0.470 bits per heavy atom. The fourth-order valence-electron chi connectivity index (χ4n) is 9.49. The van der Waals surface area contributed by atoms with Gasteiger partial charge in [-0.3, -0.25) is 14.4 Å². The van der Waals surface area contributed by atoms with Crippen LogP contribution in [0.25, 0.3) is 0 Å². The maximum atomic E-state index is 13.0. The Morgan fingerprint density at radius 1 is 0.253 bits per heavy atom. The Labute approximate surface area is 513 Å². The van der Waals surface area contributed by atoms with Crippen LogP contribution in [0.4, 0.5) is 0 Å². The zero-order valence-electron chi connectivity index (χ0n) is 54.2. The van der Waals surface area contributed by atoms with E-state index in [9.17, 15) is 14.4 Å². The highest BCUT2D eigenvalue weighted by Gasteiger charge is 2.19. The molecule has 0 aromatic carbocycles. The summed E-state index contributed by atoms with van der Waals surface area (Å²) in [7, 11) is 0. The van der Waals surface area contributed by atoms with Gasteiger partial charge in [0, 0.05) is 19.3 Å². The lowest BCUT2D eigenvalue weighted by Gasteiger charge is -2.18. The van der Waals surface area contributed by atoms with Gasteiger partial charge >= 0.3 is 17.9 Å². The van der Waals surface area contributed by atoms with E-state index in [0.29, 0.717) is 19.3 Å². The van der Waals surface area contributed by atoms with E-state index in [1.165, 1.54) is 141 Å². The standard InChI is InChI=1S/C77H128O6/c1-4-7-10-13-16-19-22-25-28-31-34-37-38-41-43-46-49-52-55-58-61-64-67-70-76(79)82-73-74(83-77(80)71-68-65-62-59-56-53-50-47-44-40-36-33-30-27-24-21-18-15-12-9-6-3)72-81-75(78)69-66-63-60-57-54-51-48-45-42-39-35-32-29-26-23-20-17-14-11-8-5-2/h7,9-10,12,16,18-19,21,23,25-28,30,32,34-37,40-41,43,74H,4-6,8,11,13-15,17,20,22,24,29,31,33,38-39,42,44-73H2,1-3H3/b10-7-,12-9-,19-16-,21-18-,26-23-,28-25-,30-27-,35-32-,37-34-,40-36-,43-41-. The van der Waals surface area contributed by atoms with Crippen LogP contribution in [0.3, 0.4) is 0 Å². The molecule has 0 aliphatic carbocycles. The average Bonchev–Trinajstić information content (AvgIpc) is 3.49. The molecule has 0 aliphatic rings. The molecule has 0 spiro atoms. The first-order valence-electron chi connectivity index (χ1n) is 34.7. The molecule has 83 heavy (non-hydrogen) atoms. The molecule has 0 saturated heterocycles. The van der Waals surface area contributed by atoms with Gasteiger partial charge < -0.3 is 14.2 Å². The maximum absolute atomic E-state index is 13.0. The molecule has 6 nitrogen and oxygen atoms in total. The highest BCUT2D eigenvalue weighted by atomic mass is 16.6. The highest BCUT2D eigenvalue weighted by molar-refractivity contribution is 5.71. The topological polar surface area (TPSA) is 78.9 Å². The molecule has 0 aromatic rings. The second-order valence-corrected chi connectivity index (χ2v) is 22.7. The minimum absolute atomic E-state index is 0.0900. The Balaban J connectivity index is 4.45. The van der Waals surface area contributed by atoms with Crippen LogP contribution in [0, 0.1) is 0 Å². The minimum Gasteiger partial charge on any atom is -0.462 e. The van der Waals surface area contributed by atoms with Gasteiger partial charge in [0.1, 0.15) is 13.2 Å². The van der Waals surface area contributed by atoms with Crippen LogP contribution in [0.5, 0.6) is 0 Å². The quantitative estimate of drug-likeness (QED) is 0.0261. The summed E-state index contributed by atoms with van der Waals surface area (Å²) in [6.45, 7) is 6.41. The van der Waals surface area contributed by atoms with Crippen molar-refractivity contribution in [3.05, 3.63) is 134 Å². The Hall–Kier alpha value is -4.45. The van der Waals surface area contributed by atoms with Crippen molar-refractivity contribution in [1.82, 2.24) is 0 Å². The van der Waals surface area contributed by atoms with E-state index in [1.54, 1.807) is 0 Å². The summed E-state index contributed by atoms with van der Waals surface area (Å²) in [5.41, 5.74) is 0. The molecule has 0 heterocycles. The van der Waals surface area contributed by atoms with E-state index in [1.807, 2.05) is 0 Å². The van der Waals surface area contributed by atoms with E-state index < -0.39 is 6.10 Å². The fourth-order valence-corrected chi connectivity index (χ4v) is 9.49. The van der Waals surface area contributed by atoms with Gasteiger partial charge in [-0.15, -0.1) is 0 Å². The lowest BCUT2D eigenvalue weighted by molar-refractivity contribution is -0.167. The molecular weight excluding hydrogens is 1020 g/mol. The number of unbranched alkanes of at least 4 members (excludes halogenated alkanes) is 29. The van der Waals surface area contributed by atoms with Crippen LogP contribution in [0.15, 0.2) is 134 Å². The molecule has 0 aliphatic heterocycles. The third-order valence-electron chi connectivity index (χ3n) is 14.6. The number of ether oxygens (including phenoxy) is 3. The molecule has 0 amide bonds. The third-order valence-corrected chi connectivity index (χ3v) is 14.6. The molecule has 0 rings (SSSR count). The molecule has 1 unspecified atom stereocenters. The van der Waals surface area contributed by atoms with Gasteiger partial charge in [-0.1, -0.05) is 296 Å². The molecule has 0 aromatic heterocycles. The molecule has 0 N–H and O–H groups in total. The van der Waals surface area contributed by atoms with Crippen molar-refractivity contribution in [2.45, 2.75) is 322 Å². The molecule has 0 bridgehead atoms. The number of carbonyl (C=O) groups excluding carboxylic acids is 3. The van der Waals surface area contributed by atoms with Crippen LogP contribution in [0.2, 0.25) is 0 Å². The van der Waals surface area contributed by atoms with Crippen molar-refractivity contribution in [2.75, 3.05) is 13.2 Å². The van der Waals surface area contributed by atoms with Gasteiger partial charge in [0.2, 0.25) is 0 Å². The van der Waals surface area contributed by atoms with E-state index in [0.717, 1.165) is 135 Å². The van der Waals surface area contributed by atoms with E-state index in [-0.39, 0.29) is 31.1 Å². The monoisotopic (exact) mass is 1150 g/mol. The second-order valence-electron chi connectivity index (χ2n) is 22.7. The van der Waals surface area contributed by atoms with Gasteiger partial charge in [-0.05, 0) is 135 Å². The zero-order valence-corrected chi connectivity index (χ0v) is 54.2.